The lowest BCUT2D eigenvalue weighted by molar-refractivity contribution is -0.385. The first kappa shape index (κ1) is 18.4. The zero-order valence-corrected chi connectivity index (χ0v) is 14.8. The molecule has 0 aliphatic rings. The highest BCUT2D eigenvalue weighted by molar-refractivity contribution is 14.1. The number of furan rings is 1. The Kier molecular flexibility index (Phi) is 6.51. The molecule has 2 N–H and O–H groups in total. The van der Waals surface area contributed by atoms with Gasteiger partial charge in [0.1, 0.15) is 5.76 Å². The maximum Gasteiger partial charge on any atom is 0.310 e. The molecule has 0 radical (unpaired) electrons. The summed E-state index contributed by atoms with van der Waals surface area (Å²) in [5.74, 6) is -0.801. The zero-order valence-electron chi connectivity index (χ0n) is 12.6. The lowest BCUT2D eigenvalue weighted by Crippen LogP contribution is -2.43. The highest BCUT2D eigenvalue weighted by Gasteiger charge is 2.14. The van der Waals surface area contributed by atoms with Gasteiger partial charge >= 0.3 is 5.69 Å². The Bertz CT molecular complexity index is 817. The van der Waals surface area contributed by atoms with Gasteiger partial charge in [-0.1, -0.05) is 12.1 Å². The van der Waals surface area contributed by atoms with Crippen LogP contribution in [0.1, 0.15) is 5.76 Å². The molecule has 130 valence electrons. The van der Waals surface area contributed by atoms with Crippen LogP contribution in [-0.2, 0) is 9.59 Å². The number of benzene rings is 1. The van der Waals surface area contributed by atoms with Crippen molar-refractivity contribution in [2.24, 2.45) is 0 Å². The fourth-order valence-electron chi connectivity index (χ4n) is 1.66. The van der Waals surface area contributed by atoms with Crippen molar-refractivity contribution in [3.8, 4) is 5.75 Å². The van der Waals surface area contributed by atoms with E-state index >= 15 is 0 Å². The Morgan fingerprint density at radius 2 is 2.00 bits per heavy atom. The minimum absolute atomic E-state index is 0.0405. The summed E-state index contributed by atoms with van der Waals surface area (Å²) in [5.41, 5.74) is 4.02. The van der Waals surface area contributed by atoms with E-state index in [0.717, 1.165) is 0 Å². The molecule has 0 bridgehead atoms. The van der Waals surface area contributed by atoms with E-state index in [1.54, 1.807) is 18.2 Å². The van der Waals surface area contributed by atoms with Gasteiger partial charge < -0.3 is 9.15 Å². The fourth-order valence-corrected chi connectivity index (χ4v) is 2.09. The van der Waals surface area contributed by atoms with Crippen LogP contribution in [0.4, 0.5) is 5.69 Å². The molecule has 0 aliphatic heterocycles. The second-order valence-electron chi connectivity index (χ2n) is 4.53. The highest BCUT2D eigenvalue weighted by Crippen LogP contribution is 2.25. The third kappa shape index (κ3) is 5.91. The van der Waals surface area contributed by atoms with Crippen molar-refractivity contribution in [2.45, 2.75) is 0 Å². The number of carbonyl (C=O) groups excluding carboxylic acids is 2. The summed E-state index contributed by atoms with van der Waals surface area (Å²) in [6.45, 7) is -0.495. The van der Waals surface area contributed by atoms with Gasteiger partial charge in [-0.3, -0.25) is 30.6 Å². The maximum atomic E-state index is 11.6. The van der Waals surface area contributed by atoms with Gasteiger partial charge in [-0.2, -0.15) is 0 Å². The van der Waals surface area contributed by atoms with Crippen LogP contribution in [-0.4, -0.2) is 23.3 Å². The SMILES string of the molecule is O=C(C=Cc1ccc(I)o1)NNC(=O)COc1ccccc1[N+](=O)[O-]. The van der Waals surface area contributed by atoms with Gasteiger partial charge in [0.25, 0.3) is 11.8 Å². The van der Waals surface area contributed by atoms with E-state index in [-0.39, 0.29) is 11.4 Å². The Hall–Kier alpha value is -2.89. The third-order valence-corrected chi connectivity index (χ3v) is 3.32. The molecular weight excluding hydrogens is 445 g/mol. The molecule has 1 aromatic heterocycles. The molecule has 1 heterocycles. The minimum atomic E-state index is -0.674. The first-order valence-electron chi connectivity index (χ1n) is 6.84. The van der Waals surface area contributed by atoms with Gasteiger partial charge in [0, 0.05) is 12.1 Å². The molecule has 25 heavy (non-hydrogen) atoms. The van der Waals surface area contributed by atoms with E-state index in [2.05, 4.69) is 10.9 Å². The molecule has 0 spiro atoms. The average molecular weight is 457 g/mol. The third-order valence-electron chi connectivity index (χ3n) is 2.74. The normalized spacial score (nSPS) is 10.4. The highest BCUT2D eigenvalue weighted by atomic mass is 127. The first-order chi connectivity index (χ1) is 12.0. The van der Waals surface area contributed by atoms with Crippen molar-refractivity contribution in [1.82, 2.24) is 10.9 Å². The second-order valence-corrected chi connectivity index (χ2v) is 5.59. The molecule has 0 fully saturated rings. The van der Waals surface area contributed by atoms with E-state index in [4.69, 9.17) is 9.15 Å². The number of para-hydroxylation sites is 2. The van der Waals surface area contributed by atoms with Gasteiger partial charge in [-0.05, 0) is 46.9 Å². The molecule has 0 saturated carbocycles. The quantitative estimate of drug-likeness (QED) is 0.296. The molecule has 2 amide bonds. The summed E-state index contributed by atoms with van der Waals surface area (Å²) in [6.07, 6.45) is 2.62. The Balaban J connectivity index is 1.78. The van der Waals surface area contributed by atoms with Crippen LogP contribution in [0.5, 0.6) is 5.75 Å². The number of rotatable bonds is 6. The van der Waals surface area contributed by atoms with Crippen LogP contribution >= 0.6 is 22.6 Å². The Morgan fingerprint density at radius 1 is 1.24 bits per heavy atom. The van der Waals surface area contributed by atoms with E-state index in [9.17, 15) is 19.7 Å². The number of ether oxygens (including phenoxy) is 1. The summed E-state index contributed by atoms with van der Waals surface area (Å²) in [4.78, 5) is 33.4. The van der Waals surface area contributed by atoms with E-state index < -0.39 is 23.3 Å². The van der Waals surface area contributed by atoms with Gasteiger partial charge in [0.05, 0.1) is 4.92 Å². The number of hydrogen-bond acceptors (Lipinski definition) is 6. The van der Waals surface area contributed by atoms with Crippen LogP contribution in [0.2, 0.25) is 0 Å². The molecule has 2 rings (SSSR count). The van der Waals surface area contributed by atoms with Crippen molar-refractivity contribution in [1.29, 1.82) is 0 Å². The molecule has 1 aromatic carbocycles. The van der Waals surface area contributed by atoms with Gasteiger partial charge in [-0.25, -0.2) is 0 Å². The lowest BCUT2D eigenvalue weighted by Gasteiger charge is -2.07. The fraction of sp³-hybridized carbons (Fsp3) is 0.0667. The molecule has 0 unspecified atom stereocenters. The van der Waals surface area contributed by atoms with Crippen molar-refractivity contribution < 1.29 is 23.7 Å². The summed E-state index contributed by atoms with van der Waals surface area (Å²) in [5, 5.41) is 10.8. The monoisotopic (exact) mass is 457 g/mol. The first-order valence-corrected chi connectivity index (χ1v) is 7.92. The number of nitro groups is 1. The maximum absolute atomic E-state index is 11.6. The number of amides is 2. The summed E-state index contributed by atoms with van der Waals surface area (Å²) < 4.78 is 11.0. The van der Waals surface area contributed by atoms with Crippen molar-refractivity contribution in [3.63, 3.8) is 0 Å². The Morgan fingerprint density at radius 3 is 2.68 bits per heavy atom. The van der Waals surface area contributed by atoms with Crippen LogP contribution in [0.25, 0.3) is 6.08 Å². The minimum Gasteiger partial charge on any atom is -0.477 e. The summed E-state index contributed by atoms with van der Waals surface area (Å²) in [7, 11) is 0. The van der Waals surface area contributed by atoms with Crippen molar-refractivity contribution in [2.75, 3.05) is 6.61 Å². The molecule has 0 atom stereocenters. The molecule has 2 aromatic rings. The molecule has 0 saturated heterocycles. The van der Waals surface area contributed by atoms with Crippen LogP contribution < -0.4 is 15.6 Å². The number of carbonyl (C=O) groups is 2. The van der Waals surface area contributed by atoms with Gasteiger partial charge in [-0.15, -0.1) is 0 Å². The van der Waals surface area contributed by atoms with E-state index in [1.165, 1.54) is 30.4 Å². The lowest BCUT2D eigenvalue weighted by atomic mass is 10.3. The zero-order chi connectivity index (χ0) is 18.2. The van der Waals surface area contributed by atoms with Gasteiger partial charge in [0.15, 0.2) is 16.1 Å². The van der Waals surface area contributed by atoms with Crippen LogP contribution in [0.15, 0.2) is 46.9 Å². The van der Waals surface area contributed by atoms with E-state index in [0.29, 0.717) is 9.53 Å². The number of nitro benzene ring substituents is 1. The predicted octanol–water partition coefficient (Wildman–Crippen LogP) is 2.03. The Labute approximate surface area is 155 Å². The summed E-state index contributed by atoms with van der Waals surface area (Å²) >= 11 is 1.99. The molecular formula is C15H12IN3O6. The molecule has 0 aliphatic carbocycles. The summed E-state index contributed by atoms with van der Waals surface area (Å²) in [6, 6.07) is 9.08. The van der Waals surface area contributed by atoms with Crippen LogP contribution in [0.3, 0.4) is 0 Å². The number of nitrogens with one attached hydrogen (secondary N) is 2. The number of halogens is 1. The number of nitrogens with zero attached hydrogens (tertiary/aromatic N) is 1. The second kappa shape index (κ2) is 8.82. The predicted molar refractivity (Wildman–Crippen MR) is 95.3 cm³/mol. The number of hydrogen-bond donors (Lipinski definition) is 2. The standard InChI is InChI=1S/C15H12IN3O6/c16-13-7-5-10(25-13)6-8-14(20)17-18-15(21)9-24-12-4-2-1-3-11(12)19(22)23/h1-8H,9H2,(H,17,20)(H,18,21). The van der Waals surface area contributed by atoms with Gasteiger partial charge in [0.2, 0.25) is 0 Å². The molecule has 9 nitrogen and oxygen atoms in total. The van der Waals surface area contributed by atoms with Crippen molar-refractivity contribution >= 4 is 46.2 Å². The van der Waals surface area contributed by atoms with E-state index in [1.807, 2.05) is 22.6 Å². The topological polar surface area (TPSA) is 124 Å². The van der Waals surface area contributed by atoms with Crippen LogP contribution in [0, 0.1) is 13.9 Å². The smallest absolute Gasteiger partial charge is 0.310 e. The molecule has 10 heteroatoms. The average Bonchev–Trinajstić information content (AvgIpc) is 3.01. The number of hydrazine groups is 1. The largest absolute Gasteiger partial charge is 0.477 e. The van der Waals surface area contributed by atoms with Crippen molar-refractivity contribution in [3.05, 3.63) is 62.1 Å².